The number of carboxylic acids is 1. The van der Waals surface area contributed by atoms with Gasteiger partial charge in [-0.2, -0.15) is 0 Å². The van der Waals surface area contributed by atoms with E-state index in [-0.39, 0.29) is 6.42 Å². The summed E-state index contributed by atoms with van der Waals surface area (Å²) in [6.07, 6.45) is 6.49. The van der Waals surface area contributed by atoms with Crippen molar-refractivity contribution >= 4 is 17.8 Å². The van der Waals surface area contributed by atoms with E-state index in [4.69, 9.17) is 14.9 Å². The van der Waals surface area contributed by atoms with E-state index in [1.54, 1.807) is 18.2 Å². The summed E-state index contributed by atoms with van der Waals surface area (Å²) in [7, 11) is 0. The van der Waals surface area contributed by atoms with E-state index in [1.807, 2.05) is 30.5 Å². The predicted molar refractivity (Wildman–Crippen MR) is 127 cm³/mol. The molecule has 2 aromatic rings. The molecular formula is C26H32N2O4. The quantitative estimate of drug-likeness (QED) is 0.284. The first-order valence-electron chi connectivity index (χ1n) is 11.1. The molecule has 0 atom stereocenters. The van der Waals surface area contributed by atoms with Gasteiger partial charge in [0.2, 0.25) is 0 Å². The van der Waals surface area contributed by atoms with Crippen LogP contribution in [0.15, 0.2) is 48.7 Å². The first kappa shape index (κ1) is 23.4. The molecule has 1 aliphatic carbocycles. The van der Waals surface area contributed by atoms with Crippen molar-refractivity contribution in [1.82, 2.24) is 5.32 Å². The molecule has 0 aromatic heterocycles. The first-order valence-corrected chi connectivity index (χ1v) is 11.1. The maximum absolute atomic E-state index is 11.2. The van der Waals surface area contributed by atoms with Gasteiger partial charge in [0.15, 0.2) is 0 Å². The Bertz CT molecular complexity index is 964. The van der Waals surface area contributed by atoms with Crippen LogP contribution in [0, 0.1) is 17.2 Å². The van der Waals surface area contributed by atoms with Gasteiger partial charge in [0.05, 0.1) is 13.0 Å². The van der Waals surface area contributed by atoms with Crippen molar-refractivity contribution in [1.29, 1.82) is 5.41 Å². The maximum atomic E-state index is 11.2. The molecule has 0 amide bonds. The first-order chi connectivity index (χ1) is 15.4. The van der Waals surface area contributed by atoms with Gasteiger partial charge in [0.25, 0.3) is 0 Å². The Kier molecular flexibility index (Phi) is 8.31. The number of hydrogen-bond acceptors (Lipinski definition) is 5. The molecule has 32 heavy (non-hydrogen) atoms. The highest BCUT2D eigenvalue weighted by atomic mass is 16.5. The molecule has 1 fully saturated rings. The van der Waals surface area contributed by atoms with Gasteiger partial charge in [-0.1, -0.05) is 26.0 Å². The molecule has 0 heterocycles. The van der Waals surface area contributed by atoms with Crippen LogP contribution >= 0.6 is 0 Å². The van der Waals surface area contributed by atoms with E-state index >= 15 is 0 Å². The van der Waals surface area contributed by atoms with Crippen molar-refractivity contribution in [2.75, 3.05) is 13.2 Å². The van der Waals surface area contributed by atoms with Crippen LogP contribution < -0.4 is 14.8 Å². The molecule has 2 aromatic carbocycles. The van der Waals surface area contributed by atoms with Crippen LogP contribution in [0.3, 0.4) is 0 Å². The minimum absolute atomic E-state index is 0.0975. The van der Waals surface area contributed by atoms with E-state index in [0.717, 1.165) is 24.1 Å². The minimum atomic E-state index is -0.900. The summed E-state index contributed by atoms with van der Waals surface area (Å²) in [6, 6.07) is 12.8. The SMILES string of the molecule is CC(C)CCN/C=C(\C=N)c1cccc(Oc2cc(CC(=O)O)cc(OCC3CC3)c2)c1. The average molecular weight is 437 g/mol. The van der Waals surface area contributed by atoms with Gasteiger partial charge in [-0.3, -0.25) is 4.79 Å². The average Bonchev–Trinajstić information content (AvgIpc) is 3.56. The van der Waals surface area contributed by atoms with Gasteiger partial charge in [-0.15, -0.1) is 0 Å². The number of ether oxygens (including phenoxy) is 2. The monoisotopic (exact) mass is 436 g/mol. The third-order valence-electron chi connectivity index (χ3n) is 5.16. The van der Waals surface area contributed by atoms with Crippen molar-refractivity contribution in [3.63, 3.8) is 0 Å². The normalized spacial score (nSPS) is 13.7. The molecule has 0 saturated heterocycles. The van der Waals surface area contributed by atoms with Gasteiger partial charge < -0.3 is 25.3 Å². The van der Waals surface area contributed by atoms with E-state index in [1.165, 1.54) is 19.1 Å². The zero-order chi connectivity index (χ0) is 22.9. The second kappa shape index (κ2) is 11.4. The molecule has 170 valence electrons. The van der Waals surface area contributed by atoms with E-state index < -0.39 is 5.97 Å². The summed E-state index contributed by atoms with van der Waals surface area (Å²) in [6.45, 7) is 5.85. The Labute approximate surface area is 189 Å². The summed E-state index contributed by atoms with van der Waals surface area (Å²) in [4.78, 5) is 11.2. The number of rotatable bonds is 13. The Hall–Kier alpha value is -3.28. The number of hydrogen-bond donors (Lipinski definition) is 3. The lowest BCUT2D eigenvalue weighted by Crippen LogP contribution is -2.10. The molecule has 0 unspecified atom stereocenters. The Morgan fingerprint density at radius 2 is 1.97 bits per heavy atom. The summed E-state index contributed by atoms with van der Waals surface area (Å²) in [5, 5.41) is 20.2. The number of benzene rings is 2. The Balaban J connectivity index is 1.75. The molecule has 3 N–H and O–H groups in total. The van der Waals surface area contributed by atoms with Crippen molar-refractivity contribution in [3.05, 3.63) is 59.8 Å². The Morgan fingerprint density at radius 3 is 2.66 bits per heavy atom. The summed E-state index contributed by atoms with van der Waals surface area (Å²) in [5.74, 6) is 2.07. The van der Waals surface area contributed by atoms with Gasteiger partial charge >= 0.3 is 5.97 Å². The second-order valence-corrected chi connectivity index (χ2v) is 8.65. The molecule has 1 saturated carbocycles. The number of allylic oxidation sites excluding steroid dienone is 1. The predicted octanol–water partition coefficient (Wildman–Crippen LogP) is 5.52. The van der Waals surface area contributed by atoms with Gasteiger partial charge in [-0.25, -0.2) is 0 Å². The third kappa shape index (κ3) is 7.76. The van der Waals surface area contributed by atoms with E-state index in [2.05, 4.69) is 19.2 Å². The lowest BCUT2D eigenvalue weighted by Gasteiger charge is -2.13. The standard InChI is InChI=1S/C26H32N2O4/c1-18(2)8-9-28-16-22(15-27)21-4-3-5-23(13-21)32-25-11-20(12-26(29)30)10-24(14-25)31-17-19-6-7-19/h3-5,10-11,13-16,18-19,27-28H,6-9,12,17H2,1-2H3,(H,29,30)/b22-16+,27-15?. The molecule has 1 aliphatic rings. The molecule has 0 radical (unpaired) electrons. The minimum Gasteiger partial charge on any atom is -0.493 e. The van der Waals surface area contributed by atoms with Crippen molar-refractivity contribution in [2.24, 2.45) is 11.8 Å². The smallest absolute Gasteiger partial charge is 0.307 e. The molecule has 6 heteroatoms. The highest BCUT2D eigenvalue weighted by molar-refractivity contribution is 6.08. The lowest BCUT2D eigenvalue weighted by atomic mass is 10.1. The van der Waals surface area contributed by atoms with Crippen LogP contribution in [0.1, 0.15) is 44.2 Å². The highest BCUT2D eigenvalue weighted by Gasteiger charge is 2.22. The largest absolute Gasteiger partial charge is 0.493 e. The van der Waals surface area contributed by atoms with Crippen molar-refractivity contribution in [3.8, 4) is 17.2 Å². The van der Waals surface area contributed by atoms with Crippen LogP contribution in [-0.2, 0) is 11.2 Å². The van der Waals surface area contributed by atoms with Crippen molar-refractivity contribution < 1.29 is 19.4 Å². The van der Waals surface area contributed by atoms with Crippen LogP contribution in [0.4, 0.5) is 0 Å². The zero-order valence-corrected chi connectivity index (χ0v) is 18.8. The molecular weight excluding hydrogens is 404 g/mol. The van der Waals surface area contributed by atoms with E-state index in [9.17, 15) is 9.90 Å². The molecule has 0 spiro atoms. The number of carboxylic acid groups (broad SMARTS) is 1. The topological polar surface area (TPSA) is 91.6 Å². The van der Waals surface area contributed by atoms with Crippen LogP contribution in [0.25, 0.3) is 5.57 Å². The number of aliphatic carboxylic acids is 1. The van der Waals surface area contributed by atoms with Crippen molar-refractivity contribution in [2.45, 2.75) is 39.5 Å². The number of carbonyl (C=O) groups is 1. The van der Waals surface area contributed by atoms with Gasteiger partial charge in [0, 0.05) is 30.6 Å². The summed E-state index contributed by atoms with van der Waals surface area (Å²) in [5.41, 5.74) is 2.25. The van der Waals surface area contributed by atoms with Gasteiger partial charge in [0.1, 0.15) is 17.2 Å². The lowest BCUT2D eigenvalue weighted by molar-refractivity contribution is -0.136. The summed E-state index contributed by atoms with van der Waals surface area (Å²) >= 11 is 0. The molecule has 6 nitrogen and oxygen atoms in total. The van der Waals surface area contributed by atoms with Gasteiger partial charge in [-0.05, 0) is 66.5 Å². The highest BCUT2D eigenvalue weighted by Crippen LogP contribution is 2.32. The zero-order valence-electron chi connectivity index (χ0n) is 18.8. The van der Waals surface area contributed by atoms with Crippen LogP contribution in [0.5, 0.6) is 17.2 Å². The fraction of sp³-hybridized carbons (Fsp3) is 0.385. The van der Waals surface area contributed by atoms with Crippen LogP contribution in [-0.4, -0.2) is 30.4 Å². The summed E-state index contributed by atoms with van der Waals surface area (Å²) < 4.78 is 11.9. The maximum Gasteiger partial charge on any atom is 0.307 e. The third-order valence-corrected chi connectivity index (χ3v) is 5.16. The van der Waals surface area contributed by atoms with E-state index in [0.29, 0.717) is 41.3 Å². The Morgan fingerprint density at radius 1 is 1.19 bits per heavy atom. The number of nitrogens with one attached hydrogen (secondary N) is 2. The molecule has 0 aliphatic heterocycles. The fourth-order valence-electron chi connectivity index (χ4n) is 3.19. The molecule has 3 rings (SSSR count). The molecule has 0 bridgehead atoms. The second-order valence-electron chi connectivity index (χ2n) is 8.65. The van der Waals surface area contributed by atoms with Crippen LogP contribution in [0.2, 0.25) is 0 Å². The fourth-order valence-corrected chi connectivity index (χ4v) is 3.19.